The van der Waals surface area contributed by atoms with Gasteiger partial charge in [-0.05, 0) is 44.2 Å². The zero-order valence-corrected chi connectivity index (χ0v) is 22.3. The first-order valence-corrected chi connectivity index (χ1v) is 13.5. The summed E-state index contributed by atoms with van der Waals surface area (Å²) in [6.45, 7) is 2.53. The topological polar surface area (TPSA) is 131 Å². The van der Waals surface area contributed by atoms with Crippen molar-refractivity contribution >= 4 is 26.6 Å². The maximum absolute atomic E-state index is 15.1. The molecular formula is C25H30F2N4O6S. The van der Waals surface area contributed by atoms with Crippen LogP contribution in [0.1, 0.15) is 18.9 Å². The maximum atomic E-state index is 15.1. The molecule has 206 valence electrons. The number of methoxy groups -OCH3 is 1. The Hall–Kier alpha value is -3.26. The van der Waals surface area contributed by atoms with Gasteiger partial charge >= 0.3 is 0 Å². The fraction of sp³-hybridized carbons (Fsp3) is 0.400. The van der Waals surface area contributed by atoms with E-state index in [0.717, 1.165) is 30.1 Å². The molecule has 2 aromatic carbocycles. The Morgan fingerprint density at radius 2 is 1.89 bits per heavy atom. The molecule has 0 aliphatic heterocycles. The number of halogens is 2. The number of ether oxygens (including phenoxy) is 1. The van der Waals surface area contributed by atoms with E-state index in [9.17, 15) is 22.4 Å². The van der Waals surface area contributed by atoms with Crippen LogP contribution in [0.15, 0.2) is 41.5 Å². The van der Waals surface area contributed by atoms with Gasteiger partial charge < -0.3 is 4.74 Å². The van der Waals surface area contributed by atoms with Gasteiger partial charge in [-0.15, -0.1) is 0 Å². The molecule has 0 radical (unpaired) electrons. The van der Waals surface area contributed by atoms with Crippen LogP contribution in [0.4, 0.5) is 8.78 Å². The number of nitrogens with zero attached hydrogens (tertiary/aromatic N) is 3. The van der Waals surface area contributed by atoms with E-state index in [0.29, 0.717) is 25.3 Å². The minimum absolute atomic E-state index is 0.0117. The van der Waals surface area contributed by atoms with Crippen molar-refractivity contribution in [3.63, 3.8) is 0 Å². The third-order valence-electron chi connectivity index (χ3n) is 6.60. The maximum Gasteiger partial charge on any atom is 0.264 e. The molecule has 0 aliphatic carbocycles. The van der Waals surface area contributed by atoms with Crippen LogP contribution in [0.25, 0.3) is 22.0 Å². The number of likely N-dealkylation sites (N-methyl/N-ethyl adjacent to an activating group) is 1. The monoisotopic (exact) mass is 552 g/mol. The van der Waals surface area contributed by atoms with Crippen LogP contribution in [0.5, 0.6) is 0 Å². The largest absolute Gasteiger partial charge is 0.383 e. The number of aromatic nitrogens is 2. The van der Waals surface area contributed by atoms with Crippen molar-refractivity contribution in [2.75, 3.05) is 33.6 Å². The Balaban J connectivity index is 1.92. The van der Waals surface area contributed by atoms with E-state index in [4.69, 9.17) is 9.94 Å². The van der Waals surface area contributed by atoms with Gasteiger partial charge in [-0.3, -0.25) is 24.3 Å². The number of rotatable bonds is 11. The highest BCUT2D eigenvalue weighted by molar-refractivity contribution is 7.92. The van der Waals surface area contributed by atoms with Gasteiger partial charge in [0, 0.05) is 44.1 Å². The molecule has 38 heavy (non-hydrogen) atoms. The summed E-state index contributed by atoms with van der Waals surface area (Å²) in [7, 11) is -0.508. The van der Waals surface area contributed by atoms with Crippen LogP contribution in [-0.2, 0) is 32.5 Å². The smallest absolute Gasteiger partial charge is 0.264 e. The lowest BCUT2D eigenvalue weighted by molar-refractivity contribution is -0.131. The highest BCUT2D eigenvalue weighted by atomic mass is 32.2. The third-order valence-corrected chi connectivity index (χ3v) is 8.62. The molecule has 0 saturated heterocycles. The van der Waals surface area contributed by atoms with Gasteiger partial charge in [0.2, 0.25) is 0 Å². The minimum Gasteiger partial charge on any atom is -0.383 e. The van der Waals surface area contributed by atoms with E-state index in [-0.39, 0.29) is 35.0 Å². The molecular weight excluding hydrogens is 522 g/mol. The number of aryl methyl sites for hydroxylation is 1. The van der Waals surface area contributed by atoms with Crippen LogP contribution in [-0.4, -0.2) is 72.3 Å². The molecule has 10 nitrogen and oxygen atoms in total. The normalized spacial score (nSPS) is 13.6. The number of sulfone groups is 1. The van der Waals surface area contributed by atoms with Gasteiger partial charge in [0.1, 0.15) is 11.6 Å². The number of fused-ring (bicyclic) bond motifs is 1. The molecule has 0 unspecified atom stereocenters. The third kappa shape index (κ3) is 6.07. The number of hydrogen-bond acceptors (Lipinski definition) is 8. The van der Waals surface area contributed by atoms with Crippen LogP contribution < -0.4 is 11.0 Å². The predicted octanol–water partition coefficient (Wildman–Crippen LogP) is 2.12. The van der Waals surface area contributed by atoms with E-state index >= 15 is 4.39 Å². The number of carbonyl (C=O) groups is 1. The SMILES string of the molecule is COCCN(C)Cc1ccc(-c2cc3ncn(CC[C@](C)(C(=O)NO)S(C)(=O)=O)c(=O)c3cc2F)c(F)c1. The first-order valence-electron chi connectivity index (χ1n) is 11.6. The van der Waals surface area contributed by atoms with E-state index in [1.54, 1.807) is 13.2 Å². The van der Waals surface area contributed by atoms with E-state index in [1.165, 1.54) is 23.7 Å². The van der Waals surface area contributed by atoms with Crippen LogP contribution in [0, 0.1) is 11.6 Å². The van der Waals surface area contributed by atoms with Crippen molar-refractivity contribution in [2.45, 2.75) is 31.2 Å². The second kappa shape index (κ2) is 11.6. The van der Waals surface area contributed by atoms with Gasteiger partial charge in [0.25, 0.3) is 11.5 Å². The molecule has 1 atom stereocenters. The number of carbonyl (C=O) groups excluding carboxylic acids is 1. The lowest BCUT2D eigenvalue weighted by Crippen LogP contribution is -2.50. The van der Waals surface area contributed by atoms with Crippen molar-refractivity contribution in [1.29, 1.82) is 0 Å². The summed E-state index contributed by atoms with van der Waals surface area (Å²) in [6, 6.07) is 6.73. The molecule has 1 aromatic heterocycles. The highest BCUT2D eigenvalue weighted by Crippen LogP contribution is 2.29. The standard InChI is InChI=1S/C25H30F2N4O6S/c1-25(24(33)29-34,38(4,35)36)7-8-31-15-28-22-13-18(21(27)12-19(22)23(31)32)17-6-5-16(11-20(17)26)14-30(2)9-10-37-3/h5-6,11-13,15,34H,7-10,14H2,1-4H3,(H,29,33)/t25-/m1/s1. The van der Waals surface area contributed by atoms with Crippen molar-refractivity contribution in [3.8, 4) is 11.1 Å². The Labute approximate surface area is 218 Å². The summed E-state index contributed by atoms with van der Waals surface area (Å²) in [6.07, 6.45) is 1.62. The predicted molar refractivity (Wildman–Crippen MR) is 137 cm³/mol. The van der Waals surface area contributed by atoms with Gasteiger partial charge in [-0.2, -0.15) is 0 Å². The summed E-state index contributed by atoms with van der Waals surface area (Å²) in [5, 5.41) is 8.86. The quantitative estimate of drug-likeness (QED) is 0.273. The van der Waals surface area contributed by atoms with Crippen LogP contribution in [0.2, 0.25) is 0 Å². The summed E-state index contributed by atoms with van der Waals surface area (Å²) < 4.78 is 58.5. The van der Waals surface area contributed by atoms with E-state index in [1.807, 2.05) is 11.9 Å². The lowest BCUT2D eigenvalue weighted by Gasteiger charge is -2.25. The first-order chi connectivity index (χ1) is 17.8. The second-order valence-electron chi connectivity index (χ2n) is 9.33. The summed E-state index contributed by atoms with van der Waals surface area (Å²) in [5.74, 6) is -2.61. The molecule has 1 heterocycles. The molecule has 2 N–H and O–H groups in total. The highest BCUT2D eigenvalue weighted by Gasteiger charge is 2.43. The van der Waals surface area contributed by atoms with Gasteiger partial charge in [0.05, 0.1) is 23.8 Å². The van der Waals surface area contributed by atoms with Crippen LogP contribution in [0.3, 0.4) is 0 Å². The second-order valence-corrected chi connectivity index (χ2v) is 11.8. The molecule has 0 aliphatic rings. The number of benzene rings is 2. The van der Waals surface area contributed by atoms with Gasteiger partial charge in [0.15, 0.2) is 14.6 Å². The fourth-order valence-corrected chi connectivity index (χ4v) is 4.82. The molecule has 1 amide bonds. The molecule has 3 rings (SSSR count). The zero-order valence-electron chi connectivity index (χ0n) is 21.5. The van der Waals surface area contributed by atoms with Crippen molar-refractivity contribution in [1.82, 2.24) is 19.9 Å². The minimum atomic E-state index is -3.97. The molecule has 0 spiro atoms. The van der Waals surface area contributed by atoms with Crippen molar-refractivity contribution in [2.24, 2.45) is 0 Å². The van der Waals surface area contributed by atoms with Crippen molar-refractivity contribution < 1.29 is 31.9 Å². The van der Waals surface area contributed by atoms with Crippen LogP contribution >= 0.6 is 0 Å². The number of hydrogen-bond donors (Lipinski definition) is 2. The van der Waals surface area contributed by atoms with E-state index in [2.05, 4.69) is 4.98 Å². The molecule has 0 fully saturated rings. The van der Waals surface area contributed by atoms with Gasteiger partial charge in [-0.25, -0.2) is 27.7 Å². The average Bonchev–Trinajstić information content (AvgIpc) is 2.86. The summed E-state index contributed by atoms with van der Waals surface area (Å²) in [4.78, 5) is 31.1. The molecule has 0 bridgehead atoms. The number of amides is 1. The Bertz CT molecular complexity index is 1510. The Morgan fingerprint density at radius 1 is 1.21 bits per heavy atom. The lowest BCUT2D eigenvalue weighted by atomic mass is 10.0. The summed E-state index contributed by atoms with van der Waals surface area (Å²) in [5.41, 5.74) is 1.43. The van der Waals surface area contributed by atoms with Crippen molar-refractivity contribution in [3.05, 3.63) is 64.2 Å². The summed E-state index contributed by atoms with van der Waals surface area (Å²) >= 11 is 0. The average molecular weight is 553 g/mol. The molecule has 13 heteroatoms. The number of hydroxylamine groups is 1. The number of nitrogens with one attached hydrogen (secondary N) is 1. The Morgan fingerprint density at radius 3 is 2.50 bits per heavy atom. The zero-order chi connectivity index (χ0) is 28.3. The fourth-order valence-electron chi connectivity index (χ4n) is 3.98. The molecule has 0 saturated carbocycles. The van der Waals surface area contributed by atoms with Gasteiger partial charge in [-0.1, -0.05) is 12.1 Å². The molecule has 3 aromatic rings. The van der Waals surface area contributed by atoms with E-state index < -0.39 is 37.7 Å². The first kappa shape index (κ1) is 29.3. The Kier molecular flexibility index (Phi) is 8.97.